The van der Waals surface area contributed by atoms with Gasteiger partial charge in [0.05, 0.1) is 6.54 Å². The number of hydrogen-bond acceptors (Lipinski definition) is 2. The molecule has 0 heterocycles. The molecule has 0 spiro atoms. The lowest BCUT2D eigenvalue weighted by Gasteiger charge is -2.17. The zero-order valence-electron chi connectivity index (χ0n) is 11.7. The first kappa shape index (κ1) is 15.9. The van der Waals surface area contributed by atoms with Gasteiger partial charge in [-0.1, -0.05) is 34.6 Å². The van der Waals surface area contributed by atoms with Crippen LogP contribution in [0.5, 0.6) is 0 Å². The van der Waals surface area contributed by atoms with Gasteiger partial charge in [-0.3, -0.25) is 9.59 Å². The van der Waals surface area contributed by atoms with Gasteiger partial charge in [-0.2, -0.15) is 0 Å². The topological polar surface area (TPSA) is 58.2 Å². The normalized spacial score (nSPS) is 11.4. The molecule has 0 saturated heterocycles. The molecule has 0 unspecified atom stereocenters. The number of carbonyl (C=O) groups excluding carboxylic acids is 2. The summed E-state index contributed by atoms with van der Waals surface area (Å²) in [4.78, 5) is 22.8. The highest BCUT2D eigenvalue weighted by Crippen LogP contribution is 2.19. The summed E-state index contributed by atoms with van der Waals surface area (Å²) in [5.74, 6) is 0.248. The highest BCUT2D eigenvalue weighted by atomic mass is 16.2. The van der Waals surface area contributed by atoms with Crippen molar-refractivity contribution in [2.24, 2.45) is 11.3 Å². The third kappa shape index (κ3) is 11.2. The number of nitrogens with one attached hydrogen (secondary N) is 2. The molecule has 2 N–H and O–H groups in total. The van der Waals surface area contributed by atoms with Gasteiger partial charge in [0, 0.05) is 13.0 Å². The van der Waals surface area contributed by atoms with Crippen LogP contribution in [0.15, 0.2) is 0 Å². The van der Waals surface area contributed by atoms with Gasteiger partial charge in [0.2, 0.25) is 11.8 Å². The summed E-state index contributed by atoms with van der Waals surface area (Å²) < 4.78 is 0. The van der Waals surface area contributed by atoms with Crippen molar-refractivity contribution in [2.75, 3.05) is 13.1 Å². The van der Waals surface area contributed by atoms with Crippen molar-refractivity contribution >= 4 is 11.8 Å². The van der Waals surface area contributed by atoms with Gasteiger partial charge >= 0.3 is 0 Å². The summed E-state index contributed by atoms with van der Waals surface area (Å²) in [7, 11) is 0. The Balaban J connectivity index is 3.66. The van der Waals surface area contributed by atoms with Crippen LogP contribution in [0.25, 0.3) is 0 Å². The molecule has 4 heteroatoms. The molecule has 0 fully saturated rings. The highest BCUT2D eigenvalue weighted by Gasteiger charge is 2.13. The van der Waals surface area contributed by atoms with Crippen LogP contribution in [0.1, 0.15) is 47.5 Å². The molecule has 0 rings (SSSR count). The molecule has 0 aliphatic carbocycles. The smallest absolute Gasteiger partial charge is 0.239 e. The molecular weight excluding hydrogens is 216 g/mol. The largest absolute Gasteiger partial charge is 0.354 e. The molecule has 0 aliphatic rings. The van der Waals surface area contributed by atoms with Crippen LogP contribution in [0, 0.1) is 11.3 Å². The third-order valence-electron chi connectivity index (χ3n) is 2.26. The van der Waals surface area contributed by atoms with Gasteiger partial charge in [0.15, 0.2) is 0 Å². The van der Waals surface area contributed by atoms with Crippen molar-refractivity contribution in [3.05, 3.63) is 0 Å². The van der Waals surface area contributed by atoms with Crippen molar-refractivity contribution in [3.63, 3.8) is 0 Å². The molecule has 0 aromatic carbocycles. The van der Waals surface area contributed by atoms with Crippen molar-refractivity contribution in [3.8, 4) is 0 Å². The predicted molar refractivity (Wildman–Crippen MR) is 69.5 cm³/mol. The minimum atomic E-state index is -0.122. The van der Waals surface area contributed by atoms with E-state index in [2.05, 4.69) is 31.4 Å². The average molecular weight is 242 g/mol. The highest BCUT2D eigenvalue weighted by molar-refractivity contribution is 5.84. The van der Waals surface area contributed by atoms with E-state index in [1.165, 1.54) is 0 Å². The molecule has 100 valence electrons. The molecule has 0 bridgehead atoms. The lowest BCUT2D eigenvalue weighted by Crippen LogP contribution is -2.38. The van der Waals surface area contributed by atoms with Gasteiger partial charge in [-0.05, 0) is 17.8 Å². The van der Waals surface area contributed by atoms with E-state index in [1.54, 1.807) is 0 Å². The molecule has 17 heavy (non-hydrogen) atoms. The number of carbonyl (C=O) groups is 2. The van der Waals surface area contributed by atoms with E-state index in [9.17, 15) is 9.59 Å². The van der Waals surface area contributed by atoms with Crippen LogP contribution in [0.4, 0.5) is 0 Å². The molecule has 0 aromatic heterocycles. The minimum absolute atomic E-state index is 0.0559. The van der Waals surface area contributed by atoms with E-state index in [1.807, 2.05) is 13.8 Å². The number of amides is 2. The number of hydrogen-bond donors (Lipinski definition) is 2. The maximum Gasteiger partial charge on any atom is 0.239 e. The fourth-order valence-electron chi connectivity index (χ4n) is 1.14. The maximum atomic E-state index is 11.4. The predicted octanol–water partition coefficient (Wildman–Crippen LogP) is 1.70. The Hall–Kier alpha value is -1.06. The monoisotopic (exact) mass is 242 g/mol. The molecule has 0 aromatic rings. The molecule has 0 aliphatic heterocycles. The fraction of sp³-hybridized carbons (Fsp3) is 0.846. The van der Waals surface area contributed by atoms with Crippen molar-refractivity contribution in [1.29, 1.82) is 0 Å². The Morgan fingerprint density at radius 1 is 1.06 bits per heavy atom. The van der Waals surface area contributed by atoms with Crippen molar-refractivity contribution < 1.29 is 9.59 Å². The van der Waals surface area contributed by atoms with Gasteiger partial charge in [-0.25, -0.2) is 0 Å². The Morgan fingerprint density at radius 2 is 1.65 bits per heavy atom. The summed E-state index contributed by atoms with van der Waals surface area (Å²) in [5, 5.41) is 5.38. The SMILES string of the molecule is CC(C)CNC(=O)CNC(=O)CCC(C)(C)C. The summed E-state index contributed by atoms with van der Waals surface area (Å²) in [6.07, 6.45) is 1.30. The zero-order valence-corrected chi connectivity index (χ0v) is 11.7. The zero-order chi connectivity index (χ0) is 13.5. The van der Waals surface area contributed by atoms with E-state index >= 15 is 0 Å². The van der Waals surface area contributed by atoms with E-state index in [-0.39, 0.29) is 23.8 Å². The van der Waals surface area contributed by atoms with Crippen molar-refractivity contribution in [1.82, 2.24) is 10.6 Å². The molecular formula is C13H26N2O2. The first-order valence-corrected chi connectivity index (χ1v) is 6.24. The van der Waals surface area contributed by atoms with E-state index in [0.717, 1.165) is 6.42 Å². The first-order valence-electron chi connectivity index (χ1n) is 6.24. The lowest BCUT2D eigenvalue weighted by atomic mass is 9.90. The summed E-state index contributed by atoms with van der Waals surface area (Å²) in [5.41, 5.74) is 0.150. The van der Waals surface area contributed by atoms with Crippen LogP contribution >= 0.6 is 0 Å². The molecule has 0 saturated carbocycles. The summed E-state index contributed by atoms with van der Waals surface area (Å²) >= 11 is 0. The fourth-order valence-corrected chi connectivity index (χ4v) is 1.14. The quantitative estimate of drug-likeness (QED) is 0.745. The Labute approximate surface area is 105 Å². The van der Waals surface area contributed by atoms with E-state index in [0.29, 0.717) is 18.9 Å². The van der Waals surface area contributed by atoms with Crippen LogP contribution < -0.4 is 10.6 Å². The second-order valence-corrected chi connectivity index (χ2v) is 6.04. The molecule has 0 atom stereocenters. The first-order chi connectivity index (χ1) is 7.70. The summed E-state index contributed by atoms with van der Waals surface area (Å²) in [6.45, 7) is 11.1. The van der Waals surface area contributed by atoms with E-state index < -0.39 is 0 Å². The van der Waals surface area contributed by atoms with Crippen LogP contribution in [-0.2, 0) is 9.59 Å². The van der Waals surface area contributed by atoms with Gasteiger partial charge < -0.3 is 10.6 Å². The maximum absolute atomic E-state index is 11.4. The standard InChI is InChI=1S/C13H26N2O2/c1-10(2)8-14-12(17)9-15-11(16)6-7-13(3,4)5/h10H,6-9H2,1-5H3,(H,14,17)(H,15,16). The lowest BCUT2D eigenvalue weighted by molar-refractivity contribution is -0.126. The molecule has 2 amide bonds. The minimum Gasteiger partial charge on any atom is -0.354 e. The van der Waals surface area contributed by atoms with Crippen molar-refractivity contribution in [2.45, 2.75) is 47.5 Å². The second kappa shape index (κ2) is 7.30. The van der Waals surface area contributed by atoms with Crippen LogP contribution in [-0.4, -0.2) is 24.9 Å². The van der Waals surface area contributed by atoms with E-state index in [4.69, 9.17) is 0 Å². The van der Waals surface area contributed by atoms with Gasteiger partial charge in [0.1, 0.15) is 0 Å². The van der Waals surface area contributed by atoms with Gasteiger partial charge in [0.25, 0.3) is 0 Å². The Kier molecular flexibility index (Phi) is 6.85. The molecule has 0 radical (unpaired) electrons. The third-order valence-corrected chi connectivity index (χ3v) is 2.26. The Morgan fingerprint density at radius 3 is 2.12 bits per heavy atom. The van der Waals surface area contributed by atoms with Gasteiger partial charge in [-0.15, -0.1) is 0 Å². The average Bonchev–Trinajstić information content (AvgIpc) is 2.19. The number of rotatable bonds is 6. The second-order valence-electron chi connectivity index (χ2n) is 6.04. The Bertz CT molecular complexity index is 255. The summed E-state index contributed by atoms with van der Waals surface area (Å²) in [6, 6.07) is 0. The van der Waals surface area contributed by atoms with Crippen LogP contribution in [0.3, 0.4) is 0 Å². The molecule has 4 nitrogen and oxygen atoms in total. The van der Waals surface area contributed by atoms with Crippen LogP contribution in [0.2, 0.25) is 0 Å².